The predicted molar refractivity (Wildman–Crippen MR) is 106 cm³/mol. The van der Waals surface area contributed by atoms with E-state index in [1.165, 1.54) is 0 Å². The van der Waals surface area contributed by atoms with Crippen molar-refractivity contribution in [1.82, 2.24) is 0 Å². The molecule has 0 saturated carbocycles. The van der Waals surface area contributed by atoms with Gasteiger partial charge >= 0.3 is 11.9 Å². The first-order chi connectivity index (χ1) is 12.9. The first kappa shape index (κ1) is 21.0. The van der Waals surface area contributed by atoms with Gasteiger partial charge in [0, 0.05) is 10.4 Å². The summed E-state index contributed by atoms with van der Waals surface area (Å²) in [5.74, 6) is -3.45. The molecule has 0 aromatic heterocycles. The van der Waals surface area contributed by atoms with Gasteiger partial charge in [-0.1, -0.05) is 47.1 Å². The standard InChI is InChI=1S/C21H23BrO5/c1-4-13(2)27-21(25)19(20(23)24)18(14-8-10-16(22)11-9-14)15-6-5-7-17(12-15)26-3/h5-13,18-19H,4H2,1-3H3,(H,23,24). The molecule has 0 spiro atoms. The summed E-state index contributed by atoms with van der Waals surface area (Å²) < 4.78 is 11.5. The Labute approximate surface area is 167 Å². The summed E-state index contributed by atoms with van der Waals surface area (Å²) >= 11 is 3.38. The van der Waals surface area contributed by atoms with Crippen LogP contribution >= 0.6 is 15.9 Å². The molecule has 27 heavy (non-hydrogen) atoms. The number of benzene rings is 2. The highest BCUT2D eigenvalue weighted by atomic mass is 79.9. The highest BCUT2D eigenvalue weighted by Crippen LogP contribution is 2.35. The van der Waals surface area contributed by atoms with E-state index in [1.807, 2.05) is 19.1 Å². The number of rotatable bonds is 8. The van der Waals surface area contributed by atoms with Crippen LogP contribution in [0.4, 0.5) is 0 Å². The number of carboxylic acids is 1. The van der Waals surface area contributed by atoms with Crippen LogP contribution in [0, 0.1) is 5.92 Å². The molecule has 0 radical (unpaired) electrons. The lowest BCUT2D eigenvalue weighted by molar-refractivity contribution is -0.162. The number of hydrogen-bond acceptors (Lipinski definition) is 4. The van der Waals surface area contributed by atoms with Crippen molar-refractivity contribution in [2.24, 2.45) is 5.92 Å². The van der Waals surface area contributed by atoms with Gasteiger partial charge in [-0.25, -0.2) is 0 Å². The minimum atomic E-state index is -1.37. The molecule has 6 heteroatoms. The Morgan fingerprint density at radius 1 is 1.11 bits per heavy atom. The molecular weight excluding hydrogens is 412 g/mol. The summed E-state index contributed by atoms with van der Waals surface area (Å²) in [7, 11) is 1.54. The van der Waals surface area contributed by atoms with E-state index in [0.717, 1.165) is 4.47 Å². The molecule has 0 aliphatic heterocycles. The molecule has 0 fully saturated rings. The molecule has 0 amide bonds. The van der Waals surface area contributed by atoms with E-state index in [4.69, 9.17) is 9.47 Å². The van der Waals surface area contributed by atoms with Gasteiger partial charge in [-0.2, -0.15) is 0 Å². The van der Waals surface area contributed by atoms with Crippen LogP contribution in [0.5, 0.6) is 5.75 Å². The third kappa shape index (κ3) is 5.32. The third-order valence-corrected chi connectivity index (χ3v) is 4.96. The highest BCUT2D eigenvalue weighted by molar-refractivity contribution is 9.10. The summed E-state index contributed by atoms with van der Waals surface area (Å²) in [6.07, 6.45) is 0.260. The molecule has 0 bridgehead atoms. The molecule has 0 aliphatic rings. The lowest BCUT2D eigenvalue weighted by Gasteiger charge is -2.25. The Balaban J connectivity index is 2.55. The second kappa shape index (κ2) is 9.55. The molecular formula is C21H23BrO5. The Hall–Kier alpha value is -2.34. The number of hydrogen-bond donors (Lipinski definition) is 1. The molecule has 3 atom stereocenters. The van der Waals surface area contributed by atoms with Gasteiger partial charge in [0.2, 0.25) is 0 Å². The summed E-state index contributed by atoms with van der Waals surface area (Å²) in [5.41, 5.74) is 1.38. The third-order valence-electron chi connectivity index (χ3n) is 4.43. The Morgan fingerprint density at radius 3 is 2.33 bits per heavy atom. The number of ether oxygens (including phenoxy) is 2. The molecule has 0 heterocycles. The Bertz CT molecular complexity index is 787. The lowest BCUT2D eigenvalue weighted by Crippen LogP contribution is -2.34. The zero-order valence-corrected chi connectivity index (χ0v) is 17.1. The smallest absolute Gasteiger partial charge is 0.321 e. The average molecular weight is 435 g/mol. The SMILES string of the molecule is CCC(C)OC(=O)C(C(=O)O)C(c1ccc(Br)cc1)c1cccc(OC)c1. The number of methoxy groups -OCH3 is 1. The Morgan fingerprint density at radius 2 is 1.78 bits per heavy atom. The predicted octanol–water partition coefficient (Wildman–Crippen LogP) is 4.63. The zero-order valence-electron chi connectivity index (χ0n) is 15.5. The van der Waals surface area contributed by atoms with Crippen molar-refractivity contribution in [2.75, 3.05) is 7.11 Å². The minimum Gasteiger partial charge on any atom is -0.497 e. The lowest BCUT2D eigenvalue weighted by atomic mass is 9.80. The molecule has 5 nitrogen and oxygen atoms in total. The molecule has 2 aromatic rings. The minimum absolute atomic E-state index is 0.352. The number of carbonyl (C=O) groups excluding carboxylic acids is 1. The van der Waals surface area contributed by atoms with Gasteiger partial charge in [-0.3, -0.25) is 9.59 Å². The van der Waals surface area contributed by atoms with Gasteiger partial charge in [0.15, 0.2) is 5.92 Å². The van der Waals surface area contributed by atoms with Crippen LogP contribution in [0.1, 0.15) is 37.3 Å². The number of carboxylic acid groups (broad SMARTS) is 1. The summed E-state index contributed by atoms with van der Waals surface area (Å²) in [6.45, 7) is 3.62. The van der Waals surface area contributed by atoms with Crippen LogP contribution in [0.2, 0.25) is 0 Å². The van der Waals surface area contributed by atoms with Crippen molar-refractivity contribution < 1.29 is 24.2 Å². The van der Waals surface area contributed by atoms with Crippen molar-refractivity contribution in [3.05, 3.63) is 64.1 Å². The second-order valence-electron chi connectivity index (χ2n) is 6.28. The van der Waals surface area contributed by atoms with Crippen LogP contribution in [0.3, 0.4) is 0 Å². The van der Waals surface area contributed by atoms with E-state index in [2.05, 4.69) is 15.9 Å². The molecule has 1 N–H and O–H groups in total. The van der Waals surface area contributed by atoms with Gasteiger partial charge in [-0.15, -0.1) is 0 Å². The molecule has 3 unspecified atom stereocenters. The number of halogens is 1. The van der Waals surface area contributed by atoms with Crippen LogP contribution in [0.25, 0.3) is 0 Å². The first-order valence-electron chi connectivity index (χ1n) is 8.70. The number of carbonyl (C=O) groups is 2. The topological polar surface area (TPSA) is 72.8 Å². The van der Waals surface area contributed by atoms with E-state index in [-0.39, 0.29) is 6.10 Å². The maximum atomic E-state index is 12.7. The monoisotopic (exact) mass is 434 g/mol. The quantitative estimate of drug-likeness (QED) is 0.484. The molecule has 0 saturated heterocycles. The maximum Gasteiger partial charge on any atom is 0.321 e. The molecule has 0 aliphatic carbocycles. The number of aliphatic carboxylic acids is 1. The normalized spacial score (nSPS) is 14.1. The van der Waals surface area contributed by atoms with Gasteiger partial charge in [-0.05, 0) is 48.7 Å². The summed E-state index contributed by atoms with van der Waals surface area (Å²) in [4.78, 5) is 24.8. The van der Waals surface area contributed by atoms with Gasteiger partial charge in [0.05, 0.1) is 13.2 Å². The molecule has 2 aromatic carbocycles. The fourth-order valence-electron chi connectivity index (χ4n) is 2.82. The maximum absolute atomic E-state index is 12.7. The van der Waals surface area contributed by atoms with Gasteiger partial charge in [0.25, 0.3) is 0 Å². The van der Waals surface area contributed by atoms with E-state index >= 15 is 0 Å². The Kier molecular flexibility index (Phi) is 7.42. The fraction of sp³-hybridized carbons (Fsp3) is 0.333. The molecule has 144 valence electrons. The van der Waals surface area contributed by atoms with Crippen LogP contribution in [0.15, 0.2) is 53.0 Å². The van der Waals surface area contributed by atoms with Crippen molar-refractivity contribution in [2.45, 2.75) is 32.3 Å². The highest BCUT2D eigenvalue weighted by Gasteiger charge is 2.39. The van der Waals surface area contributed by atoms with Crippen LogP contribution in [-0.4, -0.2) is 30.3 Å². The average Bonchev–Trinajstić information content (AvgIpc) is 2.66. The zero-order chi connectivity index (χ0) is 20.0. The van der Waals surface area contributed by atoms with Crippen LogP contribution in [-0.2, 0) is 14.3 Å². The van der Waals surface area contributed by atoms with Gasteiger partial charge in [0.1, 0.15) is 5.75 Å². The van der Waals surface area contributed by atoms with E-state index in [9.17, 15) is 14.7 Å². The largest absolute Gasteiger partial charge is 0.497 e. The van der Waals surface area contributed by atoms with Gasteiger partial charge < -0.3 is 14.6 Å². The van der Waals surface area contributed by atoms with E-state index < -0.39 is 23.8 Å². The van der Waals surface area contributed by atoms with Crippen LogP contribution < -0.4 is 4.74 Å². The number of esters is 1. The van der Waals surface area contributed by atoms with Crippen molar-refractivity contribution in [3.8, 4) is 5.75 Å². The van der Waals surface area contributed by atoms with Crippen molar-refractivity contribution in [1.29, 1.82) is 0 Å². The summed E-state index contributed by atoms with van der Waals surface area (Å²) in [5, 5.41) is 9.86. The summed E-state index contributed by atoms with van der Waals surface area (Å²) in [6, 6.07) is 14.3. The van der Waals surface area contributed by atoms with Crippen molar-refractivity contribution in [3.63, 3.8) is 0 Å². The van der Waals surface area contributed by atoms with E-state index in [0.29, 0.717) is 23.3 Å². The second-order valence-corrected chi connectivity index (χ2v) is 7.19. The van der Waals surface area contributed by atoms with Crippen molar-refractivity contribution >= 4 is 27.9 Å². The van der Waals surface area contributed by atoms with E-state index in [1.54, 1.807) is 50.4 Å². The first-order valence-corrected chi connectivity index (χ1v) is 9.49. The fourth-order valence-corrected chi connectivity index (χ4v) is 3.08. The molecule has 2 rings (SSSR count).